The van der Waals surface area contributed by atoms with Crippen LogP contribution in [0.3, 0.4) is 0 Å². The van der Waals surface area contributed by atoms with Crippen molar-refractivity contribution in [2.75, 3.05) is 0 Å². The molecule has 0 heterocycles. The maximum Gasteiger partial charge on any atom is 0.272 e. The molecular formula is C16H15ClN2O. The Bertz CT molecular complexity index is 651. The fourth-order valence-corrected chi connectivity index (χ4v) is 2.06. The molecule has 0 aliphatic rings. The van der Waals surface area contributed by atoms with E-state index in [0.717, 1.165) is 16.8 Å². The molecule has 1 N–H and O–H groups in total. The molecule has 0 fully saturated rings. The molecule has 0 aliphatic heterocycles. The molecule has 3 nitrogen and oxygen atoms in total. The second-order valence-corrected chi connectivity index (χ2v) is 4.89. The van der Waals surface area contributed by atoms with Gasteiger partial charge in [0.05, 0.1) is 16.3 Å². The molecule has 102 valence electrons. The summed E-state index contributed by atoms with van der Waals surface area (Å²) < 4.78 is 0. The van der Waals surface area contributed by atoms with Crippen LogP contribution in [-0.4, -0.2) is 11.6 Å². The van der Waals surface area contributed by atoms with Crippen LogP contribution >= 0.6 is 11.6 Å². The number of benzene rings is 2. The van der Waals surface area contributed by atoms with Gasteiger partial charge in [0.25, 0.3) is 5.91 Å². The first-order chi connectivity index (χ1) is 9.58. The Morgan fingerprint density at radius 3 is 2.50 bits per heavy atom. The quantitative estimate of drug-likeness (QED) is 0.677. The number of aryl methyl sites for hydroxylation is 1. The molecule has 0 aliphatic carbocycles. The Balaban J connectivity index is 2.12. The lowest BCUT2D eigenvalue weighted by Gasteiger charge is -2.05. The van der Waals surface area contributed by atoms with Crippen LogP contribution < -0.4 is 5.43 Å². The lowest BCUT2D eigenvalue weighted by atomic mass is 10.1. The van der Waals surface area contributed by atoms with Gasteiger partial charge in [-0.1, -0.05) is 48.0 Å². The third kappa shape index (κ3) is 3.45. The molecule has 2 aromatic carbocycles. The first-order valence-corrected chi connectivity index (χ1v) is 6.62. The molecule has 0 spiro atoms. The Morgan fingerprint density at radius 2 is 1.85 bits per heavy atom. The van der Waals surface area contributed by atoms with Crippen LogP contribution in [0, 0.1) is 6.92 Å². The lowest BCUT2D eigenvalue weighted by molar-refractivity contribution is 0.0955. The molecule has 4 heteroatoms. The normalized spacial score (nSPS) is 11.2. The van der Waals surface area contributed by atoms with Gasteiger partial charge in [0.15, 0.2) is 0 Å². The smallest absolute Gasteiger partial charge is 0.267 e. The minimum absolute atomic E-state index is 0.315. The minimum Gasteiger partial charge on any atom is -0.267 e. The second-order valence-electron chi connectivity index (χ2n) is 4.49. The monoisotopic (exact) mass is 286 g/mol. The van der Waals surface area contributed by atoms with E-state index in [0.29, 0.717) is 10.6 Å². The summed E-state index contributed by atoms with van der Waals surface area (Å²) in [6, 6.07) is 14.9. The second kappa shape index (κ2) is 6.35. The molecule has 1 amide bonds. The van der Waals surface area contributed by atoms with Crippen LogP contribution in [-0.2, 0) is 0 Å². The summed E-state index contributed by atoms with van der Waals surface area (Å²) in [7, 11) is 0. The van der Waals surface area contributed by atoms with E-state index in [1.165, 1.54) is 0 Å². The first kappa shape index (κ1) is 14.3. The Labute approximate surface area is 123 Å². The van der Waals surface area contributed by atoms with E-state index in [-0.39, 0.29) is 5.91 Å². The highest BCUT2D eigenvalue weighted by atomic mass is 35.5. The predicted molar refractivity (Wildman–Crippen MR) is 82.3 cm³/mol. The fourth-order valence-electron chi connectivity index (χ4n) is 1.74. The van der Waals surface area contributed by atoms with Crippen molar-refractivity contribution >= 4 is 23.2 Å². The number of hydrogen-bond donors (Lipinski definition) is 1. The largest absolute Gasteiger partial charge is 0.272 e. The van der Waals surface area contributed by atoms with Gasteiger partial charge in [-0.2, -0.15) is 5.10 Å². The van der Waals surface area contributed by atoms with Crippen molar-refractivity contribution in [1.29, 1.82) is 0 Å². The number of carbonyl (C=O) groups excluding carboxylic acids is 1. The summed E-state index contributed by atoms with van der Waals surface area (Å²) in [6.45, 7) is 3.76. The van der Waals surface area contributed by atoms with Crippen LogP contribution in [0.15, 0.2) is 53.6 Å². The molecule has 0 aromatic heterocycles. The molecule has 2 rings (SSSR count). The molecule has 2 aromatic rings. The standard InChI is InChI=1S/C16H15ClN2O/c1-11-8-9-14(15(17)10-11)16(20)19-18-12(2)13-6-4-3-5-7-13/h3-10H,1-2H3,(H,19,20)/b18-12-. The molecular weight excluding hydrogens is 272 g/mol. The van der Waals surface area contributed by atoms with Gasteiger partial charge in [-0.05, 0) is 37.1 Å². The SMILES string of the molecule is C/C(=N/NC(=O)c1ccc(C)cc1Cl)c1ccccc1. The highest BCUT2D eigenvalue weighted by Crippen LogP contribution is 2.17. The zero-order valence-corrected chi connectivity index (χ0v) is 12.1. The van der Waals surface area contributed by atoms with Crippen molar-refractivity contribution in [1.82, 2.24) is 5.43 Å². The fraction of sp³-hybridized carbons (Fsp3) is 0.125. The number of nitrogens with one attached hydrogen (secondary N) is 1. The van der Waals surface area contributed by atoms with Crippen molar-refractivity contribution in [3.8, 4) is 0 Å². The predicted octanol–water partition coefficient (Wildman–Crippen LogP) is 3.80. The third-order valence-electron chi connectivity index (χ3n) is 2.89. The van der Waals surface area contributed by atoms with E-state index in [9.17, 15) is 4.79 Å². The number of carbonyl (C=O) groups is 1. The molecule has 0 unspecified atom stereocenters. The zero-order chi connectivity index (χ0) is 14.5. The molecule has 0 radical (unpaired) electrons. The van der Waals surface area contributed by atoms with Crippen molar-refractivity contribution in [2.24, 2.45) is 5.10 Å². The van der Waals surface area contributed by atoms with Gasteiger partial charge in [-0.3, -0.25) is 4.79 Å². The summed E-state index contributed by atoms with van der Waals surface area (Å²) in [5.41, 5.74) is 5.65. The van der Waals surface area contributed by atoms with E-state index >= 15 is 0 Å². The van der Waals surface area contributed by atoms with Crippen LogP contribution in [0.5, 0.6) is 0 Å². The van der Waals surface area contributed by atoms with E-state index in [2.05, 4.69) is 10.5 Å². The minimum atomic E-state index is -0.315. The average Bonchev–Trinajstić information content (AvgIpc) is 2.45. The highest BCUT2D eigenvalue weighted by Gasteiger charge is 2.09. The van der Waals surface area contributed by atoms with Gasteiger partial charge in [0.1, 0.15) is 0 Å². The van der Waals surface area contributed by atoms with Gasteiger partial charge < -0.3 is 0 Å². The third-order valence-corrected chi connectivity index (χ3v) is 3.20. The van der Waals surface area contributed by atoms with Crippen LogP contribution in [0.25, 0.3) is 0 Å². The molecule has 20 heavy (non-hydrogen) atoms. The summed E-state index contributed by atoms with van der Waals surface area (Å²) in [5, 5.41) is 4.52. The number of rotatable bonds is 3. The average molecular weight is 287 g/mol. The molecule has 0 saturated heterocycles. The number of halogens is 1. The highest BCUT2D eigenvalue weighted by molar-refractivity contribution is 6.33. The van der Waals surface area contributed by atoms with Crippen molar-refractivity contribution in [2.45, 2.75) is 13.8 Å². The number of hydrazone groups is 1. The van der Waals surface area contributed by atoms with Crippen molar-refractivity contribution in [3.05, 3.63) is 70.2 Å². The van der Waals surface area contributed by atoms with Crippen LogP contribution in [0.1, 0.15) is 28.4 Å². The Morgan fingerprint density at radius 1 is 1.15 bits per heavy atom. The topological polar surface area (TPSA) is 41.5 Å². The Hall–Kier alpha value is -2.13. The van der Waals surface area contributed by atoms with Crippen molar-refractivity contribution in [3.63, 3.8) is 0 Å². The zero-order valence-electron chi connectivity index (χ0n) is 11.4. The number of hydrogen-bond acceptors (Lipinski definition) is 2. The van der Waals surface area contributed by atoms with Gasteiger partial charge in [0, 0.05) is 0 Å². The molecule has 0 bridgehead atoms. The van der Waals surface area contributed by atoms with Crippen molar-refractivity contribution < 1.29 is 4.79 Å². The maximum atomic E-state index is 12.0. The van der Waals surface area contributed by atoms with E-state index in [4.69, 9.17) is 11.6 Å². The van der Waals surface area contributed by atoms with E-state index < -0.39 is 0 Å². The summed E-state index contributed by atoms with van der Waals surface area (Å²) in [4.78, 5) is 12.0. The van der Waals surface area contributed by atoms with Gasteiger partial charge >= 0.3 is 0 Å². The van der Waals surface area contributed by atoms with Crippen LogP contribution in [0.4, 0.5) is 0 Å². The number of amides is 1. The van der Waals surface area contributed by atoms with Gasteiger partial charge in [-0.25, -0.2) is 5.43 Å². The van der Waals surface area contributed by atoms with Gasteiger partial charge in [0.2, 0.25) is 0 Å². The summed E-state index contributed by atoms with van der Waals surface area (Å²) in [5.74, 6) is -0.315. The lowest BCUT2D eigenvalue weighted by Crippen LogP contribution is -2.19. The van der Waals surface area contributed by atoms with E-state index in [1.54, 1.807) is 12.1 Å². The molecule has 0 saturated carbocycles. The Kier molecular flexibility index (Phi) is 4.53. The van der Waals surface area contributed by atoms with E-state index in [1.807, 2.05) is 50.2 Å². The number of nitrogens with zero attached hydrogens (tertiary/aromatic N) is 1. The van der Waals surface area contributed by atoms with Crippen LogP contribution in [0.2, 0.25) is 5.02 Å². The molecule has 0 atom stereocenters. The first-order valence-electron chi connectivity index (χ1n) is 6.24. The van der Waals surface area contributed by atoms with Gasteiger partial charge in [-0.15, -0.1) is 0 Å². The maximum absolute atomic E-state index is 12.0. The summed E-state index contributed by atoms with van der Waals surface area (Å²) >= 11 is 6.05. The summed E-state index contributed by atoms with van der Waals surface area (Å²) in [6.07, 6.45) is 0.